The molecule has 0 bridgehead atoms. The van der Waals surface area contributed by atoms with Crippen LogP contribution in [0.5, 0.6) is 0 Å². The maximum Gasteiger partial charge on any atom is 0.417 e. The summed E-state index contributed by atoms with van der Waals surface area (Å²) in [6.45, 7) is 2.09. The third-order valence-corrected chi connectivity index (χ3v) is 9.64. The number of cyclic esters (lactones) is 1. The first kappa shape index (κ1) is 22.5. The van der Waals surface area contributed by atoms with Gasteiger partial charge in [-0.1, -0.05) is 11.6 Å². The molecule has 2 amide bonds. The molecular weight excluding hydrogens is 496 g/mol. The maximum atomic E-state index is 12.1. The fourth-order valence-corrected chi connectivity index (χ4v) is 7.78. The second kappa shape index (κ2) is 8.43. The molecule has 7 rings (SSSR count). The number of benzene rings is 1. The molecule has 1 spiro atoms. The van der Waals surface area contributed by atoms with E-state index in [2.05, 4.69) is 33.4 Å². The quantitative estimate of drug-likeness (QED) is 0.512. The first-order valence-electron chi connectivity index (χ1n) is 12.7. The summed E-state index contributed by atoms with van der Waals surface area (Å²) in [7, 11) is 0. The lowest BCUT2D eigenvalue weighted by Crippen LogP contribution is -2.46. The number of rotatable bonds is 4. The Labute approximate surface area is 218 Å². The van der Waals surface area contributed by atoms with Crippen molar-refractivity contribution in [3.8, 4) is 11.1 Å². The molecule has 1 aromatic carbocycles. The van der Waals surface area contributed by atoms with Crippen molar-refractivity contribution in [2.45, 2.75) is 56.7 Å². The number of nitrogens with zero attached hydrogens (tertiary/aromatic N) is 3. The summed E-state index contributed by atoms with van der Waals surface area (Å²) in [5.74, 6) is -0.306. The summed E-state index contributed by atoms with van der Waals surface area (Å²) in [5, 5.41) is 4.60. The SMILES string of the molecule is O=C1COC(=O)N1Cc1cc2nccc(-c3cc(Cl)cc4c3N([C@@H]3CNC5(CCC5)C3)CCC4)c2s1. The molecule has 3 aliphatic heterocycles. The summed E-state index contributed by atoms with van der Waals surface area (Å²) in [6.07, 6.45) is 8.50. The minimum atomic E-state index is -0.584. The van der Waals surface area contributed by atoms with Gasteiger partial charge in [0.05, 0.1) is 16.8 Å². The molecule has 3 aromatic rings. The molecule has 0 unspecified atom stereocenters. The van der Waals surface area contributed by atoms with E-state index in [1.165, 1.54) is 36.9 Å². The summed E-state index contributed by atoms with van der Waals surface area (Å²) in [5.41, 5.74) is 6.06. The molecule has 0 radical (unpaired) electrons. The third kappa shape index (κ3) is 3.61. The minimum absolute atomic E-state index is 0.185. The number of carbonyl (C=O) groups excluding carboxylic acids is 2. The van der Waals surface area contributed by atoms with E-state index in [1.54, 1.807) is 11.3 Å². The molecule has 186 valence electrons. The second-order valence-electron chi connectivity index (χ2n) is 10.5. The topological polar surface area (TPSA) is 74.8 Å². The molecule has 2 aromatic heterocycles. The number of hydrogen-bond donors (Lipinski definition) is 1. The molecule has 9 heteroatoms. The number of halogens is 1. The summed E-state index contributed by atoms with van der Waals surface area (Å²) < 4.78 is 5.93. The van der Waals surface area contributed by atoms with Gasteiger partial charge in [0.2, 0.25) is 0 Å². The van der Waals surface area contributed by atoms with Crippen LogP contribution in [0.15, 0.2) is 30.5 Å². The molecule has 1 aliphatic carbocycles. The largest absolute Gasteiger partial charge is 0.439 e. The van der Waals surface area contributed by atoms with Gasteiger partial charge in [0.1, 0.15) is 0 Å². The Balaban J connectivity index is 1.30. The Morgan fingerprint density at radius 1 is 1.19 bits per heavy atom. The zero-order valence-electron chi connectivity index (χ0n) is 19.9. The van der Waals surface area contributed by atoms with Gasteiger partial charge in [0, 0.05) is 57.6 Å². The molecule has 1 atom stereocenters. The number of carbonyl (C=O) groups is 2. The normalized spacial score (nSPS) is 22.9. The first-order chi connectivity index (χ1) is 17.5. The predicted molar refractivity (Wildman–Crippen MR) is 141 cm³/mol. The van der Waals surface area contributed by atoms with E-state index in [9.17, 15) is 9.59 Å². The number of aromatic nitrogens is 1. The molecule has 1 saturated carbocycles. The van der Waals surface area contributed by atoms with Gasteiger partial charge < -0.3 is 15.0 Å². The van der Waals surface area contributed by atoms with Gasteiger partial charge >= 0.3 is 6.09 Å². The molecule has 7 nitrogen and oxygen atoms in total. The Morgan fingerprint density at radius 3 is 2.83 bits per heavy atom. The minimum Gasteiger partial charge on any atom is -0.439 e. The molecular formula is C27H27ClN4O3S. The number of ether oxygens (including phenoxy) is 1. The maximum absolute atomic E-state index is 12.1. The number of fused-ring (bicyclic) bond motifs is 2. The average molecular weight is 523 g/mol. The summed E-state index contributed by atoms with van der Waals surface area (Å²) in [4.78, 5) is 33.3. The molecule has 5 heterocycles. The summed E-state index contributed by atoms with van der Waals surface area (Å²) >= 11 is 8.25. The van der Waals surface area contributed by atoms with Gasteiger partial charge in [0.25, 0.3) is 5.91 Å². The van der Waals surface area contributed by atoms with Crippen molar-refractivity contribution < 1.29 is 14.3 Å². The van der Waals surface area contributed by atoms with Crippen LogP contribution in [0.4, 0.5) is 10.5 Å². The van der Waals surface area contributed by atoms with Crippen LogP contribution in [-0.2, 0) is 22.5 Å². The highest BCUT2D eigenvalue weighted by atomic mass is 35.5. The lowest BCUT2D eigenvalue weighted by molar-refractivity contribution is -0.126. The molecule has 1 N–H and O–H groups in total. The highest BCUT2D eigenvalue weighted by Crippen LogP contribution is 2.47. The van der Waals surface area contributed by atoms with Gasteiger partial charge in [-0.2, -0.15) is 0 Å². The number of nitrogens with one attached hydrogen (secondary N) is 1. The van der Waals surface area contributed by atoms with E-state index in [-0.39, 0.29) is 19.1 Å². The number of imide groups is 1. The molecule has 2 saturated heterocycles. The van der Waals surface area contributed by atoms with E-state index < -0.39 is 6.09 Å². The smallest absolute Gasteiger partial charge is 0.417 e. The predicted octanol–water partition coefficient (Wildman–Crippen LogP) is 5.13. The van der Waals surface area contributed by atoms with Gasteiger partial charge in [-0.25, -0.2) is 9.69 Å². The number of amides is 2. The zero-order valence-corrected chi connectivity index (χ0v) is 21.5. The van der Waals surface area contributed by atoms with Crippen molar-refractivity contribution in [1.29, 1.82) is 0 Å². The van der Waals surface area contributed by atoms with Crippen molar-refractivity contribution in [1.82, 2.24) is 15.2 Å². The van der Waals surface area contributed by atoms with E-state index >= 15 is 0 Å². The van der Waals surface area contributed by atoms with Gasteiger partial charge in [-0.15, -0.1) is 11.3 Å². The third-order valence-electron chi connectivity index (χ3n) is 8.28. The Morgan fingerprint density at radius 2 is 2.08 bits per heavy atom. The van der Waals surface area contributed by atoms with E-state index in [4.69, 9.17) is 16.3 Å². The molecule has 3 fully saturated rings. The molecule has 36 heavy (non-hydrogen) atoms. The van der Waals surface area contributed by atoms with Crippen LogP contribution in [-0.4, -0.2) is 53.2 Å². The van der Waals surface area contributed by atoms with Gasteiger partial charge in [0.15, 0.2) is 6.61 Å². The van der Waals surface area contributed by atoms with Gasteiger partial charge in [-0.3, -0.25) is 9.78 Å². The van der Waals surface area contributed by atoms with E-state index in [1.807, 2.05) is 12.3 Å². The van der Waals surface area contributed by atoms with Crippen LogP contribution in [0.25, 0.3) is 21.3 Å². The highest BCUT2D eigenvalue weighted by Gasteiger charge is 2.45. The monoisotopic (exact) mass is 522 g/mol. The Hall–Kier alpha value is -2.68. The van der Waals surface area contributed by atoms with Crippen LogP contribution in [0.2, 0.25) is 5.02 Å². The van der Waals surface area contributed by atoms with Crippen LogP contribution in [0, 0.1) is 0 Å². The summed E-state index contributed by atoms with van der Waals surface area (Å²) in [6, 6.07) is 8.75. The van der Waals surface area contributed by atoms with Crippen molar-refractivity contribution >= 4 is 50.8 Å². The highest BCUT2D eigenvalue weighted by molar-refractivity contribution is 7.19. The average Bonchev–Trinajstić information content (AvgIpc) is 3.56. The van der Waals surface area contributed by atoms with Crippen molar-refractivity contribution in [3.05, 3.63) is 45.9 Å². The van der Waals surface area contributed by atoms with Crippen LogP contribution in [0.3, 0.4) is 0 Å². The van der Waals surface area contributed by atoms with E-state index in [0.717, 1.165) is 62.1 Å². The number of pyridine rings is 1. The van der Waals surface area contributed by atoms with E-state index in [0.29, 0.717) is 11.6 Å². The molecule has 4 aliphatic rings. The van der Waals surface area contributed by atoms with Crippen molar-refractivity contribution in [3.63, 3.8) is 0 Å². The fraction of sp³-hybridized carbons (Fsp3) is 0.444. The van der Waals surface area contributed by atoms with Crippen LogP contribution < -0.4 is 10.2 Å². The second-order valence-corrected chi connectivity index (χ2v) is 12.0. The first-order valence-corrected chi connectivity index (χ1v) is 13.9. The standard InChI is InChI=1S/C27H27ClN4O3S/c28-17-9-16-3-1-8-31(18-12-27(30-13-18)5-2-6-27)24(16)21(10-17)20-4-7-29-22-11-19(36-25(20)22)14-32-23(33)15-35-26(32)34/h4,7,9-11,18,30H,1-3,5-6,8,12-15H2/t18-/m0/s1. The van der Waals surface area contributed by atoms with Gasteiger partial charge in [-0.05, 0) is 68.4 Å². The Kier molecular flexibility index (Phi) is 5.27. The zero-order chi connectivity index (χ0) is 24.4. The Bertz CT molecular complexity index is 1390. The number of anilines is 1. The lowest BCUT2D eigenvalue weighted by atomic mass is 9.75. The number of hydrogen-bond acceptors (Lipinski definition) is 7. The lowest BCUT2D eigenvalue weighted by Gasteiger charge is -2.41. The number of aryl methyl sites for hydroxylation is 1. The van der Waals surface area contributed by atoms with Crippen molar-refractivity contribution in [2.24, 2.45) is 0 Å². The van der Waals surface area contributed by atoms with Crippen molar-refractivity contribution in [2.75, 3.05) is 24.6 Å². The number of thiophene rings is 1. The van der Waals surface area contributed by atoms with Crippen LogP contribution in [0.1, 0.15) is 42.5 Å². The van der Waals surface area contributed by atoms with Crippen LogP contribution >= 0.6 is 22.9 Å². The fourth-order valence-electron chi connectivity index (χ4n) is 6.41.